The van der Waals surface area contributed by atoms with E-state index in [4.69, 9.17) is 16.3 Å². The van der Waals surface area contributed by atoms with E-state index >= 15 is 0 Å². The van der Waals surface area contributed by atoms with Gasteiger partial charge in [-0.15, -0.1) is 11.6 Å². The van der Waals surface area contributed by atoms with Gasteiger partial charge >= 0.3 is 5.97 Å². The first-order valence-electron chi connectivity index (χ1n) is 6.20. The van der Waals surface area contributed by atoms with E-state index in [0.717, 1.165) is 22.4 Å². The summed E-state index contributed by atoms with van der Waals surface area (Å²) >= 11 is 5.82. The fourth-order valence-corrected chi connectivity index (χ4v) is 2.49. The Hall–Kier alpha value is -1.55. The first-order chi connectivity index (χ1) is 9.10. The summed E-state index contributed by atoms with van der Waals surface area (Å²) in [5.74, 6) is 1.01. The molecule has 0 aliphatic carbocycles. The summed E-state index contributed by atoms with van der Waals surface area (Å²) in [6.07, 6.45) is 0.622. The van der Waals surface area contributed by atoms with Gasteiger partial charge in [0, 0.05) is 12.3 Å². The van der Waals surface area contributed by atoms with Crippen molar-refractivity contribution >= 4 is 28.6 Å². The first kappa shape index (κ1) is 13.9. The number of aryl methyl sites for hydroxylation is 2. The highest BCUT2D eigenvalue weighted by Crippen LogP contribution is 2.25. The lowest BCUT2D eigenvalue weighted by Crippen LogP contribution is -2.20. The van der Waals surface area contributed by atoms with Gasteiger partial charge in [-0.1, -0.05) is 12.1 Å². The van der Waals surface area contributed by atoms with Gasteiger partial charge in [0.2, 0.25) is 0 Å². The number of alkyl halides is 1. The SMILES string of the molecule is COC(=O)C(C)n1c(CCCl)nc2cccc(C)c21. The highest BCUT2D eigenvalue weighted by atomic mass is 35.5. The Bertz CT molecular complexity index is 607. The van der Waals surface area contributed by atoms with Crippen molar-refractivity contribution in [3.8, 4) is 0 Å². The molecule has 0 spiro atoms. The molecule has 0 saturated carbocycles. The molecule has 2 aromatic rings. The lowest BCUT2D eigenvalue weighted by Gasteiger charge is -2.16. The van der Waals surface area contributed by atoms with Crippen LogP contribution in [0.25, 0.3) is 11.0 Å². The zero-order chi connectivity index (χ0) is 14.0. The molecular weight excluding hydrogens is 264 g/mol. The van der Waals surface area contributed by atoms with Crippen LogP contribution in [0.1, 0.15) is 24.4 Å². The number of ether oxygens (including phenoxy) is 1. The number of aromatic nitrogens is 2. The van der Waals surface area contributed by atoms with Crippen LogP contribution in [-0.4, -0.2) is 28.5 Å². The number of hydrogen-bond acceptors (Lipinski definition) is 3. The van der Waals surface area contributed by atoms with Crippen LogP contribution in [0.2, 0.25) is 0 Å². The molecule has 5 heteroatoms. The molecule has 1 aromatic heterocycles. The molecule has 0 bridgehead atoms. The molecule has 1 unspecified atom stereocenters. The number of halogens is 1. The molecule has 0 aliphatic heterocycles. The van der Waals surface area contributed by atoms with Crippen molar-refractivity contribution in [2.24, 2.45) is 0 Å². The number of methoxy groups -OCH3 is 1. The van der Waals surface area contributed by atoms with Gasteiger partial charge in [0.15, 0.2) is 0 Å². The normalized spacial score (nSPS) is 12.6. The minimum Gasteiger partial charge on any atom is -0.467 e. The molecule has 1 atom stereocenters. The fraction of sp³-hybridized carbons (Fsp3) is 0.429. The van der Waals surface area contributed by atoms with E-state index in [2.05, 4.69) is 4.98 Å². The van der Waals surface area contributed by atoms with E-state index in [-0.39, 0.29) is 5.97 Å². The molecule has 0 N–H and O–H groups in total. The molecule has 19 heavy (non-hydrogen) atoms. The second-order valence-electron chi connectivity index (χ2n) is 4.48. The van der Waals surface area contributed by atoms with Crippen molar-refractivity contribution in [2.45, 2.75) is 26.3 Å². The van der Waals surface area contributed by atoms with Crippen molar-refractivity contribution in [1.82, 2.24) is 9.55 Å². The summed E-state index contributed by atoms with van der Waals surface area (Å²) < 4.78 is 6.77. The molecule has 0 aliphatic rings. The van der Waals surface area contributed by atoms with E-state index in [1.807, 2.05) is 36.6 Å². The van der Waals surface area contributed by atoms with Crippen molar-refractivity contribution in [1.29, 1.82) is 0 Å². The van der Waals surface area contributed by atoms with E-state index in [1.165, 1.54) is 7.11 Å². The van der Waals surface area contributed by atoms with Crippen LogP contribution in [0.4, 0.5) is 0 Å². The molecule has 0 fully saturated rings. The number of nitrogens with zero attached hydrogens (tertiary/aromatic N) is 2. The van der Waals surface area contributed by atoms with Crippen LogP contribution in [-0.2, 0) is 16.0 Å². The molecule has 102 valence electrons. The van der Waals surface area contributed by atoms with Gasteiger partial charge in [-0.05, 0) is 25.5 Å². The molecule has 4 nitrogen and oxygen atoms in total. The van der Waals surface area contributed by atoms with Gasteiger partial charge in [-0.2, -0.15) is 0 Å². The predicted molar refractivity (Wildman–Crippen MR) is 75.6 cm³/mol. The zero-order valence-electron chi connectivity index (χ0n) is 11.3. The van der Waals surface area contributed by atoms with Crippen LogP contribution in [0.15, 0.2) is 18.2 Å². The molecule has 1 aromatic carbocycles. The second kappa shape index (κ2) is 5.61. The van der Waals surface area contributed by atoms with Gasteiger partial charge in [0.1, 0.15) is 11.9 Å². The largest absolute Gasteiger partial charge is 0.467 e. The standard InChI is InChI=1S/C14H17ClN2O2/c1-9-5-4-6-11-13(9)17(10(2)14(18)19-3)12(16-11)7-8-15/h4-6,10H,7-8H2,1-3H3. The Morgan fingerprint density at radius 1 is 1.53 bits per heavy atom. The maximum Gasteiger partial charge on any atom is 0.328 e. The lowest BCUT2D eigenvalue weighted by molar-refractivity contribution is -0.143. The fourth-order valence-electron chi connectivity index (χ4n) is 2.32. The molecule has 2 rings (SSSR count). The van der Waals surface area contributed by atoms with Crippen LogP contribution in [0.5, 0.6) is 0 Å². The number of carbonyl (C=O) groups is 1. The molecule has 0 radical (unpaired) electrons. The number of fused-ring (bicyclic) bond motifs is 1. The quantitative estimate of drug-likeness (QED) is 0.639. The number of esters is 1. The number of rotatable bonds is 4. The number of imidazole rings is 1. The first-order valence-corrected chi connectivity index (χ1v) is 6.73. The van der Waals surface area contributed by atoms with E-state index in [0.29, 0.717) is 12.3 Å². The van der Waals surface area contributed by atoms with E-state index < -0.39 is 6.04 Å². The van der Waals surface area contributed by atoms with E-state index in [9.17, 15) is 4.79 Å². The summed E-state index contributed by atoms with van der Waals surface area (Å²) in [6.45, 7) is 3.83. The maximum atomic E-state index is 11.8. The highest BCUT2D eigenvalue weighted by molar-refractivity contribution is 6.17. The van der Waals surface area contributed by atoms with Crippen LogP contribution in [0, 0.1) is 6.92 Å². The molecule has 1 heterocycles. The molecular formula is C14H17ClN2O2. The number of carbonyl (C=O) groups excluding carboxylic acids is 1. The van der Waals surface area contributed by atoms with E-state index in [1.54, 1.807) is 0 Å². The van der Waals surface area contributed by atoms with Crippen molar-refractivity contribution < 1.29 is 9.53 Å². The predicted octanol–water partition coefficient (Wildman–Crippen LogP) is 2.86. The van der Waals surface area contributed by atoms with Gasteiger partial charge in [-0.25, -0.2) is 9.78 Å². The van der Waals surface area contributed by atoms with Crippen LogP contribution < -0.4 is 0 Å². The van der Waals surface area contributed by atoms with Crippen molar-refractivity contribution in [3.63, 3.8) is 0 Å². The molecule has 0 saturated heterocycles. The number of benzene rings is 1. The maximum absolute atomic E-state index is 11.8. The zero-order valence-corrected chi connectivity index (χ0v) is 12.1. The van der Waals surface area contributed by atoms with Crippen molar-refractivity contribution in [2.75, 3.05) is 13.0 Å². The minimum absolute atomic E-state index is 0.279. The Morgan fingerprint density at radius 3 is 2.89 bits per heavy atom. The highest BCUT2D eigenvalue weighted by Gasteiger charge is 2.22. The Balaban J connectivity index is 2.66. The third-order valence-electron chi connectivity index (χ3n) is 3.23. The Morgan fingerprint density at radius 2 is 2.26 bits per heavy atom. The summed E-state index contributed by atoms with van der Waals surface area (Å²) in [5, 5.41) is 0. The molecule has 0 amide bonds. The minimum atomic E-state index is -0.408. The summed E-state index contributed by atoms with van der Waals surface area (Å²) in [7, 11) is 1.39. The van der Waals surface area contributed by atoms with Crippen LogP contribution in [0.3, 0.4) is 0 Å². The Kier molecular flexibility index (Phi) is 4.10. The van der Waals surface area contributed by atoms with Gasteiger partial charge in [0.05, 0.1) is 18.1 Å². The van der Waals surface area contributed by atoms with Gasteiger partial charge in [-0.3, -0.25) is 0 Å². The topological polar surface area (TPSA) is 44.1 Å². The second-order valence-corrected chi connectivity index (χ2v) is 4.86. The van der Waals surface area contributed by atoms with Crippen molar-refractivity contribution in [3.05, 3.63) is 29.6 Å². The van der Waals surface area contributed by atoms with Crippen LogP contribution >= 0.6 is 11.6 Å². The third kappa shape index (κ3) is 2.45. The monoisotopic (exact) mass is 280 g/mol. The average Bonchev–Trinajstić information content (AvgIpc) is 2.77. The number of hydrogen-bond donors (Lipinski definition) is 0. The Labute approximate surface area is 117 Å². The lowest BCUT2D eigenvalue weighted by atomic mass is 10.2. The summed E-state index contributed by atoms with van der Waals surface area (Å²) in [5.41, 5.74) is 2.94. The number of para-hydroxylation sites is 1. The third-order valence-corrected chi connectivity index (χ3v) is 3.42. The summed E-state index contributed by atoms with van der Waals surface area (Å²) in [6, 6.07) is 5.51. The summed E-state index contributed by atoms with van der Waals surface area (Å²) in [4.78, 5) is 16.4. The average molecular weight is 281 g/mol. The smallest absolute Gasteiger partial charge is 0.328 e. The van der Waals surface area contributed by atoms with Gasteiger partial charge < -0.3 is 9.30 Å². The van der Waals surface area contributed by atoms with Gasteiger partial charge in [0.25, 0.3) is 0 Å².